The van der Waals surface area contributed by atoms with Crippen LogP contribution in [0.4, 0.5) is 0 Å². The molecule has 2 rings (SSSR count). The fourth-order valence-electron chi connectivity index (χ4n) is 2.79. The van der Waals surface area contributed by atoms with Gasteiger partial charge in [-0.2, -0.15) is 0 Å². The van der Waals surface area contributed by atoms with Gasteiger partial charge in [0.25, 0.3) is 0 Å². The summed E-state index contributed by atoms with van der Waals surface area (Å²) in [6.45, 7) is 6.13. The molecule has 0 aromatic rings. The number of carbonyl (C=O) groups excluding carboxylic acids is 2. The van der Waals surface area contributed by atoms with E-state index in [-0.39, 0.29) is 28.0 Å². The highest BCUT2D eigenvalue weighted by Crippen LogP contribution is 2.55. The zero-order chi connectivity index (χ0) is 17.7. The van der Waals surface area contributed by atoms with Crippen LogP contribution in [0.25, 0.3) is 0 Å². The molecule has 0 aromatic carbocycles. The van der Waals surface area contributed by atoms with Crippen molar-refractivity contribution in [1.29, 1.82) is 0 Å². The minimum absolute atomic E-state index is 0.00905. The minimum atomic E-state index is -0.488. The van der Waals surface area contributed by atoms with Gasteiger partial charge in [-0.3, -0.25) is 9.79 Å². The van der Waals surface area contributed by atoms with Gasteiger partial charge in [-0.05, 0) is 13.3 Å². The van der Waals surface area contributed by atoms with E-state index in [1.54, 1.807) is 6.92 Å². The average molecular weight is 371 g/mol. The van der Waals surface area contributed by atoms with E-state index in [1.807, 2.05) is 37.4 Å². The van der Waals surface area contributed by atoms with Gasteiger partial charge in [0.15, 0.2) is 5.78 Å². The predicted octanol–water partition coefficient (Wildman–Crippen LogP) is 2.79. The molecule has 5 nitrogen and oxygen atoms in total. The Morgan fingerprint density at radius 3 is 2.54 bits per heavy atom. The van der Waals surface area contributed by atoms with Crippen molar-refractivity contribution in [2.75, 3.05) is 24.7 Å². The first-order valence-corrected chi connectivity index (χ1v) is 10.4. The third-order valence-corrected chi connectivity index (χ3v) is 7.86. The Balaban J connectivity index is 2.25. The van der Waals surface area contributed by atoms with Crippen molar-refractivity contribution in [2.45, 2.75) is 44.1 Å². The van der Waals surface area contributed by atoms with Gasteiger partial charge in [0.2, 0.25) is 0 Å². The molecular formula is C17H26N2O3S2. The van der Waals surface area contributed by atoms with Crippen LogP contribution in [0.5, 0.6) is 0 Å². The van der Waals surface area contributed by atoms with Crippen LogP contribution in [0, 0.1) is 5.92 Å². The maximum absolute atomic E-state index is 12.1. The van der Waals surface area contributed by atoms with Gasteiger partial charge in [0.1, 0.15) is 5.70 Å². The van der Waals surface area contributed by atoms with Crippen molar-refractivity contribution in [2.24, 2.45) is 16.6 Å². The van der Waals surface area contributed by atoms with Gasteiger partial charge >= 0.3 is 5.97 Å². The molecule has 1 saturated heterocycles. The summed E-state index contributed by atoms with van der Waals surface area (Å²) in [5.41, 5.74) is 7.79. The molecule has 2 aliphatic rings. The highest BCUT2D eigenvalue weighted by atomic mass is 32.2. The number of Topliss-reactive ketones (excluding diaryl/α,β-unsaturated/α-hetero) is 1. The van der Waals surface area contributed by atoms with Crippen LogP contribution in [-0.4, -0.2) is 46.2 Å². The zero-order valence-electron chi connectivity index (χ0n) is 14.6. The van der Waals surface area contributed by atoms with Crippen molar-refractivity contribution < 1.29 is 14.3 Å². The smallest absolute Gasteiger partial charge is 0.354 e. The molecule has 1 atom stereocenters. The number of esters is 1. The van der Waals surface area contributed by atoms with Gasteiger partial charge in [-0.25, -0.2) is 4.79 Å². The summed E-state index contributed by atoms with van der Waals surface area (Å²) in [7, 11) is 0. The molecule has 0 radical (unpaired) electrons. The van der Waals surface area contributed by atoms with Gasteiger partial charge in [0.05, 0.1) is 17.2 Å². The molecular weight excluding hydrogens is 344 g/mol. The van der Waals surface area contributed by atoms with Crippen LogP contribution in [0.1, 0.15) is 40.0 Å². The fraction of sp³-hybridized carbons (Fsp3) is 0.706. The number of hydrogen-bond donors (Lipinski definition) is 1. The summed E-state index contributed by atoms with van der Waals surface area (Å²) in [4.78, 5) is 28.7. The molecule has 1 saturated carbocycles. The van der Waals surface area contributed by atoms with Gasteiger partial charge < -0.3 is 10.5 Å². The normalized spacial score (nSPS) is 24.4. The van der Waals surface area contributed by atoms with Crippen LogP contribution in [-0.2, 0) is 14.3 Å². The lowest BCUT2D eigenvalue weighted by molar-refractivity contribution is -0.138. The molecule has 0 aromatic heterocycles. The summed E-state index contributed by atoms with van der Waals surface area (Å²) < 4.78 is 5.06. The van der Waals surface area contributed by atoms with E-state index in [1.165, 1.54) is 0 Å². The monoisotopic (exact) mass is 370 g/mol. The van der Waals surface area contributed by atoms with Gasteiger partial charge in [-0.15, -0.1) is 23.5 Å². The Hall–Kier alpha value is -0.950. The lowest BCUT2D eigenvalue weighted by Gasteiger charge is -2.18. The number of nitrogens with zero attached hydrogens (tertiary/aromatic N) is 1. The Morgan fingerprint density at radius 1 is 1.29 bits per heavy atom. The second-order valence-corrected chi connectivity index (χ2v) is 9.33. The zero-order valence-corrected chi connectivity index (χ0v) is 16.2. The number of ether oxygens (including phenoxy) is 1. The SMILES string of the molecule is CCOC(=O)/C(N)=C1\CC2(CC1=NCC(=O)C(C)CC)SCCS2. The molecule has 1 unspecified atom stereocenters. The molecule has 0 bridgehead atoms. The quantitative estimate of drug-likeness (QED) is 0.572. The molecule has 1 aliphatic carbocycles. The third-order valence-electron chi connectivity index (χ3n) is 4.45. The lowest BCUT2D eigenvalue weighted by Crippen LogP contribution is -2.20. The molecule has 134 valence electrons. The Labute approximate surface area is 152 Å². The van der Waals surface area contributed by atoms with Gasteiger partial charge in [0, 0.05) is 41.6 Å². The van der Waals surface area contributed by atoms with Crippen LogP contribution in [0.3, 0.4) is 0 Å². The second-order valence-electron chi connectivity index (χ2n) is 6.11. The van der Waals surface area contributed by atoms with E-state index in [0.29, 0.717) is 13.0 Å². The molecule has 2 fully saturated rings. The van der Waals surface area contributed by atoms with Crippen molar-refractivity contribution in [3.8, 4) is 0 Å². The van der Waals surface area contributed by atoms with E-state index in [2.05, 4.69) is 4.99 Å². The molecule has 1 aliphatic heterocycles. The maximum Gasteiger partial charge on any atom is 0.354 e. The number of allylic oxidation sites excluding steroid dienone is 1. The molecule has 1 spiro atoms. The number of nitrogens with two attached hydrogens (primary N) is 1. The summed E-state index contributed by atoms with van der Waals surface area (Å²) in [5.74, 6) is 1.84. The fourth-order valence-corrected chi connectivity index (χ4v) is 6.00. The predicted molar refractivity (Wildman–Crippen MR) is 101 cm³/mol. The van der Waals surface area contributed by atoms with Crippen LogP contribution >= 0.6 is 23.5 Å². The number of thioether (sulfide) groups is 2. The van der Waals surface area contributed by atoms with E-state index in [0.717, 1.165) is 35.6 Å². The first-order valence-electron chi connectivity index (χ1n) is 8.42. The summed E-state index contributed by atoms with van der Waals surface area (Å²) >= 11 is 3.81. The number of carbonyl (C=O) groups is 2. The number of ketones is 1. The lowest BCUT2D eigenvalue weighted by atomic mass is 10.0. The topological polar surface area (TPSA) is 81.8 Å². The summed E-state index contributed by atoms with van der Waals surface area (Å²) in [6.07, 6.45) is 2.28. The number of aliphatic imine (C=N–C) groups is 1. The van der Waals surface area contributed by atoms with Crippen molar-refractivity contribution in [3.05, 3.63) is 11.3 Å². The number of hydrogen-bond acceptors (Lipinski definition) is 7. The highest BCUT2D eigenvalue weighted by Gasteiger charge is 2.45. The van der Waals surface area contributed by atoms with E-state index < -0.39 is 5.97 Å². The summed E-state index contributed by atoms with van der Waals surface area (Å²) in [5, 5.41) is 0. The second kappa shape index (κ2) is 8.43. The standard InChI is InChI=1S/C17H26N2O3S2/c1-4-11(3)14(20)10-19-13-9-17(23-6-7-24-17)8-12(13)15(18)16(21)22-5-2/h11H,4-10,18H2,1-3H3/b15-12-,19-13?. The minimum Gasteiger partial charge on any atom is -0.461 e. The van der Waals surface area contributed by atoms with Crippen LogP contribution in [0.15, 0.2) is 16.3 Å². The van der Waals surface area contributed by atoms with Crippen molar-refractivity contribution >= 4 is 41.0 Å². The first kappa shape index (κ1) is 19.4. The van der Waals surface area contributed by atoms with E-state index in [4.69, 9.17) is 10.5 Å². The van der Waals surface area contributed by atoms with Crippen LogP contribution < -0.4 is 5.73 Å². The molecule has 24 heavy (non-hydrogen) atoms. The molecule has 2 N–H and O–H groups in total. The summed E-state index contributed by atoms with van der Waals surface area (Å²) in [6, 6.07) is 0. The maximum atomic E-state index is 12.1. The number of rotatable bonds is 6. The molecule has 7 heteroatoms. The first-order chi connectivity index (χ1) is 11.4. The average Bonchev–Trinajstić information content (AvgIpc) is 3.18. The molecule has 1 heterocycles. The molecule has 0 amide bonds. The van der Waals surface area contributed by atoms with E-state index >= 15 is 0 Å². The van der Waals surface area contributed by atoms with Crippen molar-refractivity contribution in [1.82, 2.24) is 0 Å². The third kappa shape index (κ3) is 4.36. The Bertz CT molecular complexity index is 566. The van der Waals surface area contributed by atoms with Gasteiger partial charge in [-0.1, -0.05) is 13.8 Å². The highest BCUT2D eigenvalue weighted by molar-refractivity contribution is 8.21. The van der Waals surface area contributed by atoms with E-state index in [9.17, 15) is 9.59 Å². The largest absolute Gasteiger partial charge is 0.461 e. The Morgan fingerprint density at radius 2 is 1.96 bits per heavy atom. The Kier molecular flexibility index (Phi) is 6.80. The van der Waals surface area contributed by atoms with Crippen LogP contribution in [0.2, 0.25) is 0 Å². The van der Waals surface area contributed by atoms with Crippen molar-refractivity contribution in [3.63, 3.8) is 0 Å².